The van der Waals surface area contributed by atoms with E-state index in [2.05, 4.69) is 55.2 Å². The number of pyridine rings is 1. The molecule has 0 fully saturated rings. The average molecular weight is 249 g/mol. The standard InChI is InChI=1S/C15H27N3/c1-6-16-15(12(2)3)11-18(5)10-14-9-7-8-13(4)17-14/h7-9,12,15-16H,6,10-11H2,1-5H3. The molecule has 0 aliphatic carbocycles. The third kappa shape index (κ3) is 5.15. The highest BCUT2D eigenvalue weighted by molar-refractivity contribution is 5.09. The first-order valence-corrected chi connectivity index (χ1v) is 6.87. The summed E-state index contributed by atoms with van der Waals surface area (Å²) in [6, 6.07) is 6.76. The summed E-state index contributed by atoms with van der Waals surface area (Å²) in [5, 5.41) is 3.55. The fourth-order valence-electron chi connectivity index (χ4n) is 2.14. The molecule has 0 amide bonds. The lowest BCUT2D eigenvalue weighted by atomic mass is 10.0. The Bertz CT molecular complexity index is 349. The summed E-state index contributed by atoms with van der Waals surface area (Å²) >= 11 is 0. The highest BCUT2D eigenvalue weighted by Gasteiger charge is 2.14. The Morgan fingerprint density at radius 3 is 2.61 bits per heavy atom. The van der Waals surface area contributed by atoms with E-state index in [0.717, 1.165) is 31.0 Å². The maximum Gasteiger partial charge on any atom is 0.0547 e. The predicted octanol–water partition coefficient (Wildman–Crippen LogP) is 2.46. The molecule has 102 valence electrons. The van der Waals surface area contributed by atoms with Crippen molar-refractivity contribution in [1.82, 2.24) is 15.2 Å². The second-order valence-corrected chi connectivity index (χ2v) is 5.38. The van der Waals surface area contributed by atoms with Gasteiger partial charge in [-0.3, -0.25) is 9.88 Å². The number of rotatable bonds is 7. The van der Waals surface area contributed by atoms with Gasteiger partial charge in [-0.2, -0.15) is 0 Å². The highest BCUT2D eigenvalue weighted by atomic mass is 15.1. The van der Waals surface area contributed by atoms with Crippen LogP contribution >= 0.6 is 0 Å². The van der Waals surface area contributed by atoms with Crippen LogP contribution < -0.4 is 5.32 Å². The van der Waals surface area contributed by atoms with Gasteiger partial charge in [0.2, 0.25) is 0 Å². The van der Waals surface area contributed by atoms with E-state index < -0.39 is 0 Å². The Kier molecular flexibility index (Phi) is 6.30. The predicted molar refractivity (Wildman–Crippen MR) is 77.6 cm³/mol. The summed E-state index contributed by atoms with van der Waals surface area (Å²) in [7, 11) is 2.16. The van der Waals surface area contributed by atoms with Crippen molar-refractivity contribution >= 4 is 0 Å². The Morgan fingerprint density at radius 1 is 1.33 bits per heavy atom. The Balaban J connectivity index is 2.51. The van der Waals surface area contributed by atoms with Crippen LogP contribution in [0.15, 0.2) is 18.2 Å². The molecule has 18 heavy (non-hydrogen) atoms. The Morgan fingerprint density at radius 2 is 2.06 bits per heavy atom. The van der Waals surface area contributed by atoms with Crippen molar-refractivity contribution in [3.63, 3.8) is 0 Å². The summed E-state index contributed by atoms with van der Waals surface area (Å²) in [5.41, 5.74) is 2.24. The van der Waals surface area contributed by atoms with E-state index in [0.29, 0.717) is 12.0 Å². The summed E-state index contributed by atoms with van der Waals surface area (Å²) in [4.78, 5) is 6.89. The summed E-state index contributed by atoms with van der Waals surface area (Å²) in [5.74, 6) is 0.651. The molecular weight excluding hydrogens is 222 g/mol. The van der Waals surface area contributed by atoms with Crippen LogP contribution in [0.25, 0.3) is 0 Å². The smallest absolute Gasteiger partial charge is 0.0547 e. The van der Waals surface area contributed by atoms with Gasteiger partial charge in [0.25, 0.3) is 0 Å². The number of nitrogens with one attached hydrogen (secondary N) is 1. The zero-order valence-corrected chi connectivity index (χ0v) is 12.4. The molecule has 0 aliphatic heterocycles. The minimum atomic E-state index is 0.546. The van der Waals surface area contributed by atoms with E-state index in [1.54, 1.807) is 0 Å². The van der Waals surface area contributed by atoms with Gasteiger partial charge in [-0.1, -0.05) is 26.8 Å². The first-order chi connectivity index (χ1) is 8.52. The van der Waals surface area contributed by atoms with Crippen molar-refractivity contribution in [2.24, 2.45) is 5.92 Å². The molecule has 1 N–H and O–H groups in total. The van der Waals surface area contributed by atoms with E-state index in [-0.39, 0.29) is 0 Å². The zero-order chi connectivity index (χ0) is 13.5. The normalized spacial score (nSPS) is 13.3. The van der Waals surface area contributed by atoms with Gasteiger partial charge in [-0.25, -0.2) is 0 Å². The molecule has 1 atom stereocenters. The van der Waals surface area contributed by atoms with E-state index in [4.69, 9.17) is 0 Å². The van der Waals surface area contributed by atoms with Gasteiger partial charge in [0.1, 0.15) is 0 Å². The molecule has 0 aromatic carbocycles. The van der Waals surface area contributed by atoms with Crippen molar-refractivity contribution < 1.29 is 0 Å². The number of aryl methyl sites for hydroxylation is 1. The van der Waals surface area contributed by atoms with Crippen molar-refractivity contribution in [3.8, 4) is 0 Å². The van der Waals surface area contributed by atoms with Crippen molar-refractivity contribution in [3.05, 3.63) is 29.6 Å². The van der Waals surface area contributed by atoms with Gasteiger partial charge in [0, 0.05) is 24.8 Å². The van der Waals surface area contributed by atoms with Gasteiger partial charge in [-0.15, -0.1) is 0 Å². The third-order valence-corrected chi connectivity index (χ3v) is 3.16. The molecule has 0 radical (unpaired) electrons. The van der Waals surface area contributed by atoms with Crippen molar-refractivity contribution in [2.75, 3.05) is 20.1 Å². The minimum Gasteiger partial charge on any atom is -0.313 e. The summed E-state index contributed by atoms with van der Waals surface area (Å²) in [6.07, 6.45) is 0. The van der Waals surface area contributed by atoms with E-state index in [1.807, 2.05) is 13.0 Å². The average Bonchev–Trinajstić information content (AvgIpc) is 2.28. The van der Waals surface area contributed by atoms with E-state index >= 15 is 0 Å². The van der Waals surface area contributed by atoms with Gasteiger partial charge in [0.15, 0.2) is 0 Å². The first-order valence-electron chi connectivity index (χ1n) is 6.87. The molecule has 3 heteroatoms. The second-order valence-electron chi connectivity index (χ2n) is 5.38. The molecular formula is C15H27N3. The molecule has 0 bridgehead atoms. The van der Waals surface area contributed by atoms with E-state index in [1.165, 1.54) is 0 Å². The van der Waals surface area contributed by atoms with Crippen molar-refractivity contribution in [1.29, 1.82) is 0 Å². The number of hydrogen-bond acceptors (Lipinski definition) is 3. The van der Waals surface area contributed by atoms with Crippen LogP contribution in [0.2, 0.25) is 0 Å². The monoisotopic (exact) mass is 249 g/mol. The topological polar surface area (TPSA) is 28.2 Å². The van der Waals surface area contributed by atoms with Gasteiger partial charge in [0.05, 0.1) is 5.69 Å². The molecule has 1 heterocycles. The molecule has 0 saturated heterocycles. The quantitative estimate of drug-likeness (QED) is 0.804. The van der Waals surface area contributed by atoms with Gasteiger partial charge in [-0.05, 0) is 38.6 Å². The van der Waals surface area contributed by atoms with Gasteiger partial charge >= 0.3 is 0 Å². The van der Waals surface area contributed by atoms with Gasteiger partial charge < -0.3 is 5.32 Å². The highest BCUT2D eigenvalue weighted by Crippen LogP contribution is 2.06. The molecule has 1 aromatic heterocycles. The molecule has 0 spiro atoms. The van der Waals surface area contributed by atoms with Crippen molar-refractivity contribution in [2.45, 2.75) is 40.3 Å². The van der Waals surface area contributed by atoms with Crippen LogP contribution in [-0.2, 0) is 6.54 Å². The Hall–Kier alpha value is -0.930. The van der Waals surface area contributed by atoms with Crippen LogP contribution in [0.1, 0.15) is 32.2 Å². The molecule has 1 aromatic rings. The SMILES string of the molecule is CCNC(CN(C)Cc1cccc(C)n1)C(C)C. The largest absolute Gasteiger partial charge is 0.313 e. The fraction of sp³-hybridized carbons (Fsp3) is 0.667. The molecule has 0 aliphatic rings. The van der Waals surface area contributed by atoms with Crippen LogP contribution in [0.4, 0.5) is 0 Å². The first kappa shape index (κ1) is 15.1. The molecule has 1 rings (SSSR count). The minimum absolute atomic E-state index is 0.546. The maximum atomic E-state index is 4.55. The fourth-order valence-corrected chi connectivity index (χ4v) is 2.14. The zero-order valence-electron chi connectivity index (χ0n) is 12.4. The number of likely N-dealkylation sites (N-methyl/N-ethyl adjacent to an activating group) is 2. The van der Waals surface area contributed by atoms with Crippen LogP contribution in [0, 0.1) is 12.8 Å². The summed E-state index contributed by atoms with van der Waals surface area (Å²) in [6.45, 7) is 11.7. The van der Waals surface area contributed by atoms with Crippen LogP contribution in [0.3, 0.4) is 0 Å². The number of nitrogens with zero attached hydrogens (tertiary/aromatic N) is 2. The summed E-state index contributed by atoms with van der Waals surface area (Å²) < 4.78 is 0. The number of aromatic nitrogens is 1. The maximum absolute atomic E-state index is 4.55. The lowest BCUT2D eigenvalue weighted by Crippen LogP contribution is -2.42. The van der Waals surface area contributed by atoms with Crippen LogP contribution in [-0.4, -0.2) is 36.1 Å². The second kappa shape index (κ2) is 7.49. The molecule has 1 unspecified atom stereocenters. The van der Waals surface area contributed by atoms with Crippen LogP contribution in [0.5, 0.6) is 0 Å². The lowest BCUT2D eigenvalue weighted by Gasteiger charge is -2.27. The number of hydrogen-bond donors (Lipinski definition) is 1. The Labute approximate surface area is 112 Å². The lowest BCUT2D eigenvalue weighted by molar-refractivity contribution is 0.248. The molecule has 0 saturated carbocycles. The molecule has 3 nitrogen and oxygen atoms in total. The third-order valence-electron chi connectivity index (χ3n) is 3.16. The van der Waals surface area contributed by atoms with E-state index in [9.17, 15) is 0 Å².